The normalized spacial score (nSPS) is 13.8. The van der Waals surface area contributed by atoms with E-state index in [2.05, 4.69) is 55.4 Å². The van der Waals surface area contributed by atoms with Gasteiger partial charge in [-0.25, -0.2) is 114 Å². The zero-order chi connectivity index (χ0) is 105. The van der Waals surface area contributed by atoms with Crippen LogP contribution < -0.4 is 0 Å². The van der Waals surface area contributed by atoms with Crippen molar-refractivity contribution in [2.45, 2.75) is 477 Å². The Kier molecular flexibility index (Phi) is 84.3. The zero-order valence-corrected chi connectivity index (χ0v) is 99.5. The molecule has 0 heterocycles. The summed E-state index contributed by atoms with van der Waals surface area (Å²) in [4.78, 5) is 0. The third kappa shape index (κ3) is 59.3. The minimum Gasteiger partial charge on any atom is -0.212 e. The molecule has 0 N–H and O–H groups in total. The number of hydrogen-bond donors (Lipinski definition) is 0. The molecular formula is C89H208N10O20S10. The van der Waals surface area contributed by atoms with Crippen LogP contribution in [0.15, 0.2) is 0 Å². The standard InChI is InChI=1S/C13H29NO2S.2C11H25NO2S.3C9H21NO2S.C8H19NO2S.2C7H17NO2S.C5H13NO2S/c1-11(2)7-9-14(10-8-12(3)4)17(15,16)13(5)6;1-7-10(5)12(11(6)8-2)15(13,14)9(3)4;1-5-7-9-12(10-8-6-2)15(13,14)11(3)4;1-7(2)10(8(3)4)13(11,12)9(5)6;1-6-9(5)10(7-2)13(11,12)8(3)4;1-5-7-8-10(6-2)13(11,12)9(3)4;1-5-6-7-9(4)12(10,11)8(2)3;1-6(2)8(5)11(9,10)7(3)4;1-5-8(6-2)11(9,10)7(3)4;1-5(2)9(7,8)6(3)4/h11-13H,7-10H2,1-6H3;9-11H,7-8H2,1-6H3;11H,5-10H2,1-4H3;7-9H,1-6H3;8-9H,6-7H2,1-5H3;9H,5-8H2,1-4H3;8H,5-7H2,1-4H3;6-7H,1-5H3;7H,5-6H2,1-4H3;5H,1-4H3. The van der Waals surface area contributed by atoms with Crippen LogP contribution in [0.2, 0.25) is 0 Å². The number of nitrogens with zero attached hydrogens (tertiary/aromatic N) is 10. The van der Waals surface area contributed by atoms with Crippen LogP contribution in [0.5, 0.6) is 0 Å². The summed E-state index contributed by atoms with van der Waals surface area (Å²) in [5.74, 6) is 1.08. The van der Waals surface area contributed by atoms with Crippen molar-refractivity contribution in [3.63, 3.8) is 0 Å². The van der Waals surface area contributed by atoms with Gasteiger partial charge in [-0.15, -0.1) is 0 Å². The third-order valence-corrected chi connectivity index (χ3v) is 44.7. The quantitative estimate of drug-likeness (QED) is 0.0546. The van der Waals surface area contributed by atoms with E-state index in [0.717, 1.165) is 83.5 Å². The molecule has 0 saturated carbocycles. The predicted octanol–water partition coefficient (Wildman–Crippen LogP) is 17.8. The largest absolute Gasteiger partial charge is 0.216 e. The fourth-order valence-electron chi connectivity index (χ4n) is 10.9. The van der Waals surface area contributed by atoms with Gasteiger partial charge in [0, 0.05) is 130 Å². The fraction of sp³-hybridized carbons (Fsp3) is 1.00. The Labute approximate surface area is 803 Å². The Morgan fingerprint density at radius 2 is 0.442 bits per heavy atom. The highest BCUT2D eigenvalue weighted by atomic mass is 32.2. The Morgan fingerprint density at radius 1 is 0.209 bits per heavy atom. The summed E-state index contributed by atoms with van der Waals surface area (Å²) >= 11 is 0. The molecule has 0 aromatic rings. The summed E-state index contributed by atoms with van der Waals surface area (Å²) in [6.45, 7) is 88.1. The van der Waals surface area contributed by atoms with Crippen LogP contribution in [0.25, 0.3) is 0 Å². The molecule has 30 nitrogen and oxygen atoms in total. The second kappa shape index (κ2) is 73.3. The molecule has 0 aromatic carbocycles. The summed E-state index contributed by atoms with van der Waals surface area (Å²) in [6.07, 6.45) is 12.4. The molecule has 129 heavy (non-hydrogen) atoms. The molecule has 0 saturated heterocycles. The molecule has 0 amide bonds. The summed E-state index contributed by atoms with van der Waals surface area (Å²) in [5, 5.41) is -3.15. The Bertz CT molecular complexity index is 3910. The second-order valence-electron chi connectivity index (χ2n) is 37.1. The van der Waals surface area contributed by atoms with Gasteiger partial charge < -0.3 is 0 Å². The van der Waals surface area contributed by atoms with Gasteiger partial charge in [-0.05, 0) is 270 Å². The van der Waals surface area contributed by atoms with Crippen molar-refractivity contribution in [1.82, 2.24) is 43.1 Å². The SMILES string of the molecule is CC(C)CCN(CCC(C)C)S(=O)(=O)C(C)C.CC(C)N(C(C)C)S(=O)(=O)C(C)C.CC(C)N(C)S(=O)(=O)C(C)C.CC(C)S(=O)(=O)N(C)C.CCC(C)N(C(C)CC)S(=O)(=O)C(C)C.CCC(C)N(CC)S(=O)(=O)C(C)C.CCCCN(C)S(=O)(=O)C(C)C.CCCCN(CC)S(=O)(=O)C(C)C.CCCCN(CCCC)S(=O)(=O)C(C)C.CCN(CC)S(=O)(=O)C(C)C. The van der Waals surface area contributed by atoms with E-state index in [-0.39, 0.29) is 88.8 Å². The highest BCUT2D eigenvalue weighted by Gasteiger charge is 2.35. The first-order chi connectivity index (χ1) is 58.0. The lowest BCUT2D eigenvalue weighted by molar-refractivity contribution is 0.260. The Hall–Kier alpha value is -0.900. The molecule has 40 heteroatoms. The topological polar surface area (TPSA) is 374 Å². The molecule has 0 rings (SSSR count). The Morgan fingerprint density at radius 3 is 0.620 bits per heavy atom. The van der Waals surface area contributed by atoms with Gasteiger partial charge in [0.05, 0.1) is 52.5 Å². The maximum atomic E-state index is 12.2. The molecule has 0 radical (unpaired) electrons. The monoisotopic (exact) mass is 2060 g/mol. The number of rotatable bonds is 51. The van der Waals surface area contributed by atoms with E-state index >= 15 is 0 Å². The van der Waals surface area contributed by atoms with Crippen molar-refractivity contribution >= 4 is 100 Å². The number of unbranched alkanes of at least 4 members (excludes halogenated alkanes) is 4. The van der Waals surface area contributed by atoms with E-state index < -0.39 is 100 Å². The molecule has 3 atom stereocenters. The third-order valence-electron chi connectivity index (χ3n) is 20.9. The van der Waals surface area contributed by atoms with Gasteiger partial charge in [-0.2, -0.15) is 12.9 Å². The molecule has 0 aliphatic rings. The van der Waals surface area contributed by atoms with Crippen molar-refractivity contribution < 1.29 is 84.2 Å². The number of sulfonamides is 10. The highest BCUT2D eigenvalue weighted by molar-refractivity contribution is 7.92. The van der Waals surface area contributed by atoms with Crippen molar-refractivity contribution in [2.24, 2.45) is 11.8 Å². The van der Waals surface area contributed by atoms with Crippen LogP contribution >= 0.6 is 0 Å². The highest BCUT2D eigenvalue weighted by Crippen LogP contribution is 2.23. The molecule has 0 bridgehead atoms. The predicted molar refractivity (Wildman–Crippen MR) is 557 cm³/mol. The van der Waals surface area contributed by atoms with Crippen LogP contribution in [0.1, 0.15) is 388 Å². The second-order valence-corrected chi connectivity index (χ2v) is 62.2. The van der Waals surface area contributed by atoms with Gasteiger partial charge in [0.2, 0.25) is 100 Å². The summed E-state index contributed by atoms with van der Waals surface area (Å²) < 4.78 is 249. The van der Waals surface area contributed by atoms with Gasteiger partial charge >= 0.3 is 0 Å². The van der Waals surface area contributed by atoms with Crippen LogP contribution in [0.3, 0.4) is 0 Å². The van der Waals surface area contributed by atoms with Crippen molar-refractivity contribution in [3.8, 4) is 0 Å². The van der Waals surface area contributed by atoms with Crippen LogP contribution in [0, 0.1) is 11.8 Å². The fourth-order valence-corrected chi connectivity index (χ4v) is 24.4. The molecule has 0 spiro atoms. The van der Waals surface area contributed by atoms with Gasteiger partial charge in [-0.3, -0.25) is 0 Å². The van der Waals surface area contributed by atoms with Crippen LogP contribution in [-0.2, 0) is 100 Å². The summed E-state index contributed by atoms with van der Waals surface area (Å²) in [5.41, 5.74) is 0. The van der Waals surface area contributed by atoms with E-state index in [0.29, 0.717) is 77.3 Å². The molecule has 0 aliphatic carbocycles. The molecular weight excluding hydrogens is 1850 g/mol. The molecule has 794 valence electrons. The number of hydrogen-bond acceptors (Lipinski definition) is 20. The van der Waals surface area contributed by atoms with Crippen LogP contribution in [-0.4, -0.2) is 310 Å². The van der Waals surface area contributed by atoms with Gasteiger partial charge in [0.1, 0.15) is 0 Å². The average Bonchev–Trinajstić information content (AvgIpc) is 0.811. The van der Waals surface area contributed by atoms with Gasteiger partial charge in [0.15, 0.2) is 0 Å². The minimum absolute atomic E-state index is 0.0346. The van der Waals surface area contributed by atoms with E-state index in [1.807, 2.05) is 111 Å². The first-order valence-corrected chi connectivity index (χ1v) is 62.9. The maximum absolute atomic E-state index is 12.2. The van der Waals surface area contributed by atoms with Gasteiger partial charge in [0.25, 0.3) is 0 Å². The molecule has 0 fully saturated rings. The first-order valence-electron chi connectivity index (χ1n) is 47.9. The smallest absolute Gasteiger partial charge is 0.212 e. The first kappa shape index (κ1) is 148. The minimum atomic E-state index is -3.13. The van der Waals surface area contributed by atoms with Gasteiger partial charge in [-0.1, -0.05) is 130 Å². The van der Waals surface area contributed by atoms with Crippen LogP contribution in [0.4, 0.5) is 0 Å². The average molecular weight is 2060 g/mol. The summed E-state index contributed by atoms with van der Waals surface area (Å²) in [6, 6.07) is 0.402. The molecule has 3 unspecified atom stereocenters. The van der Waals surface area contributed by atoms with Crippen molar-refractivity contribution in [1.29, 1.82) is 0 Å². The zero-order valence-electron chi connectivity index (χ0n) is 91.4. The van der Waals surface area contributed by atoms with Crippen molar-refractivity contribution in [3.05, 3.63) is 0 Å². The summed E-state index contributed by atoms with van der Waals surface area (Å²) in [7, 11) is -24.2. The van der Waals surface area contributed by atoms with Crippen molar-refractivity contribution in [2.75, 3.05) is 93.6 Å². The lowest BCUT2D eigenvalue weighted by Gasteiger charge is -2.34. The Balaban J connectivity index is -0.000000153. The lowest BCUT2D eigenvalue weighted by atomic mass is 10.1. The molecule has 0 aliphatic heterocycles. The van der Waals surface area contributed by atoms with E-state index in [1.54, 1.807) is 178 Å². The maximum Gasteiger partial charge on any atom is 0.216 e. The van der Waals surface area contributed by atoms with E-state index in [1.165, 1.54) is 31.3 Å². The lowest BCUT2D eigenvalue weighted by Crippen LogP contribution is -2.47. The van der Waals surface area contributed by atoms with E-state index in [9.17, 15) is 84.2 Å². The molecule has 0 aromatic heterocycles. The van der Waals surface area contributed by atoms with E-state index in [4.69, 9.17) is 0 Å².